The number of carbonyl (C=O) groups excluding carboxylic acids is 1. The minimum absolute atomic E-state index is 0.0964. The van der Waals surface area contributed by atoms with Crippen LogP contribution in [0.5, 0.6) is 0 Å². The highest BCUT2D eigenvalue weighted by atomic mass is 16.4. The van der Waals surface area contributed by atoms with Crippen molar-refractivity contribution in [2.45, 2.75) is 25.4 Å². The SMILES string of the molecule is O=C(Cn1nnc2ccccc2c1=O)N1CCC(n2c(=O)oc3cccnc32)CC1. The third kappa shape index (κ3) is 3.06. The zero-order valence-corrected chi connectivity index (χ0v) is 16.0. The lowest BCUT2D eigenvalue weighted by Crippen LogP contribution is -2.43. The Morgan fingerprint density at radius 1 is 1.10 bits per heavy atom. The Balaban J connectivity index is 1.30. The molecule has 1 fully saturated rings. The monoisotopic (exact) mass is 406 g/mol. The fourth-order valence-electron chi connectivity index (χ4n) is 3.92. The molecule has 3 aromatic heterocycles. The molecule has 1 saturated heterocycles. The molecule has 0 saturated carbocycles. The second-order valence-electron chi connectivity index (χ2n) is 7.24. The van der Waals surface area contributed by atoms with Crippen molar-refractivity contribution in [3.05, 3.63) is 63.5 Å². The molecule has 0 N–H and O–H groups in total. The molecule has 10 heteroatoms. The van der Waals surface area contributed by atoms with Gasteiger partial charge >= 0.3 is 5.76 Å². The van der Waals surface area contributed by atoms with Gasteiger partial charge in [-0.05, 0) is 37.1 Å². The number of piperidine rings is 1. The summed E-state index contributed by atoms with van der Waals surface area (Å²) in [5.74, 6) is -0.644. The van der Waals surface area contributed by atoms with Gasteiger partial charge in [0, 0.05) is 25.3 Å². The average molecular weight is 406 g/mol. The maximum atomic E-state index is 12.7. The number of nitrogens with zero attached hydrogens (tertiary/aromatic N) is 6. The van der Waals surface area contributed by atoms with E-state index in [1.807, 2.05) is 0 Å². The Kier molecular flexibility index (Phi) is 4.38. The molecular weight excluding hydrogens is 388 g/mol. The van der Waals surface area contributed by atoms with Crippen molar-refractivity contribution < 1.29 is 9.21 Å². The highest BCUT2D eigenvalue weighted by Gasteiger charge is 2.27. The maximum absolute atomic E-state index is 12.7. The molecule has 1 aliphatic rings. The second-order valence-corrected chi connectivity index (χ2v) is 7.24. The van der Waals surface area contributed by atoms with Crippen molar-refractivity contribution in [3.63, 3.8) is 0 Å². The summed E-state index contributed by atoms with van der Waals surface area (Å²) in [5, 5.41) is 8.32. The van der Waals surface area contributed by atoms with E-state index in [1.54, 1.807) is 52.1 Å². The van der Waals surface area contributed by atoms with E-state index in [1.165, 1.54) is 0 Å². The van der Waals surface area contributed by atoms with Crippen LogP contribution in [0.15, 0.2) is 56.6 Å². The number of pyridine rings is 1. The minimum Gasteiger partial charge on any atom is -0.406 e. The standard InChI is InChI=1S/C20H18N6O4/c27-17(12-25-19(28)14-4-1-2-5-15(14)22-23-25)24-10-7-13(8-11-24)26-18-16(30-20(26)29)6-3-9-21-18/h1-6,9,13H,7-8,10-12H2. The number of rotatable bonds is 3. The number of carbonyl (C=O) groups is 1. The molecular formula is C20H18N6O4. The molecule has 10 nitrogen and oxygen atoms in total. The second kappa shape index (κ2) is 7.21. The van der Waals surface area contributed by atoms with E-state index in [-0.39, 0.29) is 24.1 Å². The van der Waals surface area contributed by atoms with E-state index in [4.69, 9.17) is 4.42 Å². The van der Waals surface area contributed by atoms with Crippen LogP contribution in [0.25, 0.3) is 22.1 Å². The highest BCUT2D eigenvalue weighted by Crippen LogP contribution is 2.24. The van der Waals surface area contributed by atoms with Crippen LogP contribution in [-0.4, -0.2) is 48.4 Å². The lowest BCUT2D eigenvalue weighted by atomic mass is 10.0. The van der Waals surface area contributed by atoms with E-state index >= 15 is 0 Å². The summed E-state index contributed by atoms with van der Waals surface area (Å²) < 4.78 is 7.92. The van der Waals surface area contributed by atoms with Crippen molar-refractivity contribution in [1.29, 1.82) is 0 Å². The van der Waals surface area contributed by atoms with Crippen LogP contribution in [-0.2, 0) is 11.3 Å². The van der Waals surface area contributed by atoms with Crippen LogP contribution in [0.2, 0.25) is 0 Å². The van der Waals surface area contributed by atoms with Gasteiger partial charge in [0.2, 0.25) is 5.91 Å². The zero-order valence-electron chi connectivity index (χ0n) is 16.0. The summed E-state index contributed by atoms with van der Waals surface area (Å²) in [6.07, 6.45) is 2.80. The van der Waals surface area contributed by atoms with E-state index in [0.717, 1.165) is 4.68 Å². The van der Waals surface area contributed by atoms with Crippen LogP contribution in [0.4, 0.5) is 0 Å². The molecule has 0 bridgehead atoms. The lowest BCUT2D eigenvalue weighted by Gasteiger charge is -2.32. The Bertz CT molecular complexity index is 1360. The first-order chi connectivity index (χ1) is 14.6. The van der Waals surface area contributed by atoms with E-state index in [0.29, 0.717) is 48.1 Å². The van der Waals surface area contributed by atoms with Gasteiger partial charge in [0.15, 0.2) is 11.2 Å². The molecule has 1 amide bonds. The van der Waals surface area contributed by atoms with Crippen LogP contribution in [0, 0.1) is 0 Å². The van der Waals surface area contributed by atoms with Crippen LogP contribution in [0.3, 0.4) is 0 Å². The number of hydrogen-bond acceptors (Lipinski definition) is 7. The molecule has 1 aromatic carbocycles. The number of benzene rings is 1. The number of aromatic nitrogens is 5. The number of oxazole rings is 1. The average Bonchev–Trinajstić information content (AvgIpc) is 3.11. The van der Waals surface area contributed by atoms with E-state index in [9.17, 15) is 14.4 Å². The topological polar surface area (TPSA) is 116 Å². The Hall–Kier alpha value is -3.82. The maximum Gasteiger partial charge on any atom is 0.421 e. The Morgan fingerprint density at radius 2 is 1.90 bits per heavy atom. The Morgan fingerprint density at radius 3 is 2.73 bits per heavy atom. The first-order valence-corrected chi connectivity index (χ1v) is 9.68. The third-order valence-corrected chi connectivity index (χ3v) is 5.47. The number of likely N-dealkylation sites (tertiary alicyclic amines) is 1. The molecule has 4 aromatic rings. The molecule has 0 atom stereocenters. The van der Waals surface area contributed by atoms with Crippen molar-refractivity contribution in [2.75, 3.05) is 13.1 Å². The van der Waals surface area contributed by atoms with Gasteiger partial charge < -0.3 is 9.32 Å². The first kappa shape index (κ1) is 18.2. The molecule has 0 unspecified atom stereocenters. The molecule has 5 rings (SSSR count). The van der Waals surface area contributed by atoms with Crippen molar-refractivity contribution >= 4 is 28.0 Å². The number of hydrogen-bond donors (Lipinski definition) is 0. The number of fused-ring (bicyclic) bond motifs is 2. The summed E-state index contributed by atoms with van der Waals surface area (Å²) in [6.45, 7) is 0.758. The van der Waals surface area contributed by atoms with Gasteiger partial charge in [-0.15, -0.1) is 5.10 Å². The van der Waals surface area contributed by atoms with Gasteiger partial charge in [0.05, 0.1) is 5.39 Å². The van der Waals surface area contributed by atoms with Crippen molar-refractivity contribution in [1.82, 2.24) is 29.4 Å². The molecule has 152 valence electrons. The molecule has 1 aliphatic heterocycles. The van der Waals surface area contributed by atoms with Crippen LogP contribution in [0.1, 0.15) is 18.9 Å². The van der Waals surface area contributed by atoms with E-state index in [2.05, 4.69) is 15.3 Å². The summed E-state index contributed by atoms with van der Waals surface area (Å²) in [4.78, 5) is 43.5. The first-order valence-electron chi connectivity index (χ1n) is 9.68. The Labute approximate surface area is 169 Å². The van der Waals surface area contributed by atoms with Crippen LogP contribution < -0.4 is 11.3 Å². The van der Waals surface area contributed by atoms with Crippen LogP contribution >= 0.6 is 0 Å². The normalized spacial score (nSPS) is 15.1. The zero-order chi connectivity index (χ0) is 20.7. The molecule has 0 spiro atoms. The minimum atomic E-state index is -0.438. The van der Waals surface area contributed by atoms with Gasteiger partial charge in [-0.2, -0.15) is 0 Å². The molecule has 0 aliphatic carbocycles. The lowest BCUT2D eigenvalue weighted by molar-refractivity contribution is -0.133. The third-order valence-electron chi connectivity index (χ3n) is 5.47. The van der Waals surface area contributed by atoms with Gasteiger partial charge in [0.25, 0.3) is 5.56 Å². The molecule has 30 heavy (non-hydrogen) atoms. The largest absolute Gasteiger partial charge is 0.421 e. The summed E-state index contributed by atoms with van der Waals surface area (Å²) in [6, 6.07) is 10.2. The van der Waals surface area contributed by atoms with Gasteiger partial charge in [-0.1, -0.05) is 17.3 Å². The summed E-state index contributed by atoms with van der Waals surface area (Å²) in [5.41, 5.74) is 1.13. The number of amides is 1. The quantitative estimate of drug-likeness (QED) is 0.497. The predicted molar refractivity (Wildman–Crippen MR) is 107 cm³/mol. The van der Waals surface area contributed by atoms with Gasteiger partial charge in [-0.25, -0.2) is 14.5 Å². The highest BCUT2D eigenvalue weighted by molar-refractivity contribution is 5.78. The van der Waals surface area contributed by atoms with Crippen molar-refractivity contribution in [2.24, 2.45) is 0 Å². The molecule has 4 heterocycles. The fraction of sp³-hybridized carbons (Fsp3) is 0.300. The smallest absolute Gasteiger partial charge is 0.406 e. The van der Waals surface area contributed by atoms with Crippen molar-refractivity contribution in [3.8, 4) is 0 Å². The van der Waals surface area contributed by atoms with Gasteiger partial charge in [0.1, 0.15) is 12.1 Å². The fourth-order valence-corrected chi connectivity index (χ4v) is 3.92. The predicted octanol–water partition coefficient (Wildman–Crippen LogP) is 0.958. The summed E-state index contributed by atoms with van der Waals surface area (Å²) in [7, 11) is 0. The van der Waals surface area contributed by atoms with Gasteiger partial charge in [-0.3, -0.25) is 14.2 Å². The molecule has 0 radical (unpaired) electrons. The van der Waals surface area contributed by atoms with E-state index < -0.39 is 5.76 Å². The summed E-state index contributed by atoms with van der Waals surface area (Å²) >= 11 is 0.